The van der Waals surface area contributed by atoms with E-state index in [-0.39, 0.29) is 0 Å². The summed E-state index contributed by atoms with van der Waals surface area (Å²) in [5.74, 6) is 0.186. The molecule has 0 fully saturated rings. The second-order valence-electron chi connectivity index (χ2n) is 4.65. The molecule has 0 aromatic heterocycles. The fourth-order valence-electron chi connectivity index (χ4n) is 2.56. The average Bonchev–Trinajstić information content (AvgIpc) is 2.42. The molecule has 1 aliphatic rings. The molecule has 19 heavy (non-hydrogen) atoms. The van der Waals surface area contributed by atoms with Crippen molar-refractivity contribution in [3.63, 3.8) is 0 Å². The number of fused-ring (bicyclic) bond motifs is 1. The molecule has 2 atom stereocenters. The smallest absolute Gasteiger partial charge is 0.303 e. The van der Waals surface area contributed by atoms with Crippen LogP contribution >= 0.6 is 0 Å². The number of hydrogen-bond donors (Lipinski definition) is 1. The molecule has 0 saturated heterocycles. The van der Waals surface area contributed by atoms with E-state index < -0.39 is 17.7 Å². The Morgan fingerprint density at radius 2 is 2.11 bits per heavy atom. The zero-order valence-corrected chi connectivity index (χ0v) is 11.6. The molecular formula is C15H18O4. The van der Waals surface area contributed by atoms with Crippen LogP contribution in [0.2, 0.25) is 0 Å². The second kappa shape index (κ2) is 4.70. The third-order valence-corrected chi connectivity index (χ3v) is 3.64. The van der Waals surface area contributed by atoms with Crippen molar-refractivity contribution in [1.82, 2.24) is 0 Å². The highest BCUT2D eigenvalue weighted by atomic mass is 16.6. The largest absolute Gasteiger partial charge is 0.496 e. The molecule has 4 heteroatoms. The highest BCUT2D eigenvalue weighted by molar-refractivity contribution is 5.69. The lowest BCUT2D eigenvalue weighted by molar-refractivity contribution is -0.168. The molecule has 1 aromatic carbocycles. The number of ether oxygens (including phenoxy) is 2. The third-order valence-electron chi connectivity index (χ3n) is 3.64. The van der Waals surface area contributed by atoms with E-state index in [1.54, 1.807) is 13.2 Å². The molecule has 0 amide bonds. The number of esters is 1. The number of carbonyl (C=O) groups is 1. The Kier molecular flexibility index (Phi) is 3.37. The quantitative estimate of drug-likeness (QED) is 0.671. The van der Waals surface area contributed by atoms with Crippen LogP contribution in [0.25, 0.3) is 0 Å². The molecule has 102 valence electrons. The maximum absolute atomic E-state index is 11.2. The van der Waals surface area contributed by atoms with E-state index in [0.29, 0.717) is 11.3 Å². The molecule has 1 aliphatic carbocycles. The minimum atomic E-state index is -1.30. The zero-order valence-electron chi connectivity index (χ0n) is 11.6. The molecular weight excluding hydrogens is 244 g/mol. The van der Waals surface area contributed by atoms with E-state index >= 15 is 0 Å². The minimum absolute atomic E-state index is 0.416. The molecule has 0 radical (unpaired) electrons. The minimum Gasteiger partial charge on any atom is -0.496 e. The molecule has 2 rings (SSSR count). The summed E-state index contributed by atoms with van der Waals surface area (Å²) < 4.78 is 10.6. The highest BCUT2D eigenvalue weighted by Gasteiger charge is 2.56. The Hall–Kier alpha value is -1.81. The first-order chi connectivity index (χ1) is 8.96. The Labute approximate surface area is 112 Å². The van der Waals surface area contributed by atoms with E-state index in [1.807, 2.05) is 32.1 Å². The Bertz CT molecular complexity index is 547. The Morgan fingerprint density at radius 1 is 1.42 bits per heavy atom. The Balaban J connectivity index is 2.58. The van der Waals surface area contributed by atoms with Crippen LogP contribution < -0.4 is 4.74 Å². The number of carbonyl (C=O) groups excluding carboxylic acids is 1. The van der Waals surface area contributed by atoms with E-state index in [9.17, 15) is 9.90 Å². The maximum Gasteiger partial charge on any atom is 0.303 e. The van der Waals surface area contributed by atoms with Gasteiger partial charge in [0.15, 0.2) is 11.7 Å². The van der Waals surface area contributed by atoms with Gasteiger partial charge < -0.3 is 14.6 Å². The number of benzene rings is 1. The van der Waals surface area contributed by atoms with Crippen LogP contribution in [-0.2, 0) is 15.1 Å². The normalized spacial score (nSPS) is 25.3. The van der Waals surface area contributed by atoms with Crippen LogP contribution in [0.15, 0.2) is 29.8 Å². The molecule has 0 spiro atoms. The molecule has 1 N–H and O–H groups in total. The van der Waals surface area contributed by atoms with Gasteiger partial charge in [-0.15, -0.1) is 0 Å². The van der Waals surface area contributed by atoms with Crippen molar-refractivity contribution in [1.29, 1.82) is 0 Å². The summed E-state index contributed by atoms with van der Waals surface area (Å²) in [6.07, 6.45) is 1.14. The fraction of sp³-hybridized carbons (Fsp3) is 0.400. The number of methoxy groups -OCH3 is 1. The van der Waals surface area contributed by atoms with Gasteiger partial charge in [-0.25, -0.2) is 0 Å². The van der Waals surface area contributed by atoms with Gasteiger partial charge in [0.05, 0.1) is 7.11 Å². The summed E-state index contributed by atoms with van der Waals surface area (Å²) >= 11 is 0. The lowest BCUT2D eigenvalue weighted by Crippen LogP contribution is -2.47. The van der Waals surface area contributed by atoms with Crippen LogP contribution in [0.5, 0.6) is 5.75 Å². The standard InChI is InChI=1S/C15H18O4/c1-5-9(2)15(17)13-11(14(15)19-10(3)16)7-6-8-12(13)18-4/h5-8,14,17H,1-4H3/b9-5-/t14-,15+/m0/s1. The predicted molar refractivity (Wildman–Crippen MR) is 70.8 cm³/mol. The van der Waals surface area contributed by atoms with E-state index in [0.717, 1.165) is 11.1 Å². The zero-order chi connectivity index (χ0) is 14.2. The van der Waals surface area contributed by atoms with Gasteiger partial charge in [-0.05, 0) is 25.5 Å². The average molecular weight is 262 g/mol. The van der Waals surface area contributed by atoms with Crippen molar-refractivity contribution in [3.8, 4) is 5.75 Å². The third kappa shape index (κ3) is 1.83. The van der Waals surface area contributed by atoms with E-state index in [4.69, 9.17) is 9.47 Å². The molecule has 0 bridgehead atoms. The van der Waals surface area contributed by atoms with Gasteiger partial charge in [-0.1, -0.05) is 18.2 Å². The van der Waals surface area contributed by atoms with Crippen molar-refractivity contribution in [3.05, 3.63) is 41.0 Å². The summed E-state index contributed by atoms with van der Waals surface area (Å²) in [6, 6.07) is 5.44. The van der Waals surface area contributed by atoms with E-state index in [1.165, 1.54) is 6.92 Å². The monoisotopic (exact) mass is 262 g/mol. The van der Waals surface area contributed by atoms with Gasteiger partial charge >= 0.3 is 5.97 Å². The van der Waals surface area contributed by atoms with Crippen molar-refractivity contribution in [2.45, 2.75) is 32.5 Å². The Morgan fingerprint density at radius 3 is 2.63 bits per heavy atom. The van der Waals surface area contributed by atoms with Crippen molar-refractivity contribution in [2.24, 2.45) is 0 Å². The highest BCUT2D eigenvalue weighted by Crippen LogP contribution is 2.57. The summed E-state index contributed by atoms with van der Waals surface area (Å²) in [5, 5.41) is 10.9. The van der Waals surface area contributed by atoms with Gasteiger partial charge in [-0.3, -0.25) is 4.79 Å². The molecule has 0 unspecified atom stereocenters. The van der Waals surface area contributed by atoms with Crippen LogP contribution in [0.3, 0.4) is 0 Å². The first kappa shape index (κ1) is 13.6. The van der Waals surface area contributed by atoms with Crippen LogP contribution in [0.1, 0.15) is 38.0 Å². The summed E-state index contributed by atoms with van der Waals surface area (Å²) in [5.41, 5.74) is 0.899. The first-order valence-electron chi connectivity index (χ1n) is 6.17. The predicted octanol–water partition coefficient (Wildman–Crippen LogP) is 2.47. The molecule has 0 aliphatic heterocycles. The van der Waals surface area contributed by atoms with Gasteiger partial charge in [0, 0.05) is 18.1 Å². The summed E-state index contributed by atoms with van der Waals surface area (Å²) in [7, 11) is 1.56. The fourth-order valence-corrected chi connectivity index (χ4v) is 2.56. The van der Waals surface area contributed by atoms with E-state index in [2.05, 4.69) is 0 Å². The number of hydrogen-bond acceptors (Lipinski definition) is 4. The number of allylic oxidation sites excluding steroid dienone is 1. The first-order valence-corrected chi connectivity index (χ1v) is 6.17. The number of aliphatic hydroxyl groups is 1. The van der Waals surface area contributed by atoms with Gasteiger partial charge in [0.25, 0.3) is 0 Å². The van der Waals surface area contributed by atoms with Crippen LogP contribution in [0, 0.1) is 0 Å². The molecule has 0 saturated carbocycles. The van der Waals surface area contributed by atoms with Gasteiger partial charge in [0.1, 0.15) is 5.75 Å². The summed E-state index contributed by atoms with van der Waals surface area (Å²) in [4.78, 5) is 11.2. The van der Waals surface area contributed by atoms with Crippen molar-refractivity contribution >= 4 is 5.97 Å². The SMILES string of the molecule is C/C=C(/C)[C@@]1(O)c2c(OC)cccc2[C@@H]1OC(C)=O. The lowest BCUT2D eigenvalue weighted by atomic mass is 9.66. The number of rotatable bonds is 3. The van der Waals surface area contributed by atoms with Crippen molar-refractivity contribution < 1.29 is 19.4 Å². The topological polar surface area (TPSA) is 55.8 Å². The summed E-state index contributed by atoms with van der Waals surface area (Å²) in [6.45, 7) is 4.99. The van der Waals surface area contributed by atoms with Crippen LogP contribution in [0.4, 0.5) is 0 Å². The van der Waals surface area contributed by atoms with Gasteiger partial charge in [0.2, 0.25) is 0 Å². The second-order valence-corrected chi connectivity index (χ2v) is 4.65. The molecule has 1 aromatic rings. The maximum atomic E-state index is 11.2. The van der Waals surface area contributed by atoms with Gasteiger partial charge in [-0.2, -0.15) is 0 Å². The van der Waals surface area contributed by atoms with Crippen molar-refractivity contribution in [2.75, 3.05) is 7.11 Å². The lowest BCUT2D eigenvalue weighted by Gasteiger charge is -2.47. The van der Waals surface area contributed by atoms with Crippen LogP contribution in [-0.4, -0.2) is 18.2 Å². The molecule has 0 heterocycles. The molecule has 4 nitrogen and oxygen atoms in total.